The van der Waals surface area contributed by atoms with E-state index in [2.05, 4.69) is 0 Å². The number of hydrogen-bond acceptors (Lipinski definition) is 3. The van der Waals surface area contributed by atoms with Crippen LogP contribution in [0.3, 0.4) is 0 Å². The molecule has 0 unspecified atom stereocenters. The van der Waals surface area contributed by atoms with Crippen molar-refractivity contribution >= 4 is 5.69 Å². The van der Waals surface area contributed by atoms with E-state index in [1.54, 1.807) is 6.07 Å². The van der Waals surface area contributed by atoms with Crippen molar-refractivity contribution in [1.82, 2.24) is 0 Å². The van der Waals surface area contributed by atoms with Gasteiger partial charge in [-0.05, 0) is 28.3 Å². The molecule has 17 heavy (non-hydrogen) atoms. The highest BCUT2D eigenvalue weighted by atomic mass is 16.6. The van der Waals surface area contributed by atoms with Crippen molar-refractivity contribution < 1.29 is 10.0 Å². The second-order valence-electron chi connectivity index (χ2n) is 4.02. The average Bonchev–Trinajstić information content (AvgIpc) is 2.64. The summed E-state index contributed by atoms with van der Waals surface area (Å²) in [5.74, 6) is 0. The Balaban J connectivity index is 2.24. The molecular weight excluding hydrogens is 218 g/mol. The fourth-order valence-electron chi connectivity index (χ4n) is 2.28. The average molecular weight is 227 g/mol. The monoisotopic (exact) mass is 227 g/mol. The predicted molar refractivity (Wildman–Crippen MR) is 62.6 cm³/mol. The quantitative estimate of drug-likeness (QED) is 0.601. The lowest BCUT2D eigenvalue weighted by Crippen LogP contribution is -1.95. The summed E-state index contributed by atoms with van der Waals surface area (Å²) in [6, 6.07) is 12.1. The minimum Gasteiger partial charge on any atom is -0.384 e. The first-order valence-electron chi connectivity index (χ1n) is 5.24. The van der Waals surface area contributed by atoms with Gasteiger partial charge in [-0.2, -0.15) is 0 Å². The van der Waals surface area contributed by atoms with Crippen molar-refractivity contribution in [3.63, 3.8) is 0 Å². The fourth-order valence-corrected chi connectivity index (χ4v) is 2.28. The number of nitro groups is 1. The van der Waals surface area contributed by atoms with E-state index in [0.717, 1.165) is 16.7 Å². The lowest BCUT2D eigenvalue weighted by Gasteiger charge is -2.04. The van der Waals surface area contributed by atoms with E-state index in [0.29, 0.717) is 5.56 Å². The molecule has 0 radical (unpaired) electrons. The SMILES string of the molecule is O=[N+]([O-])c1ccc2c(c1)[C@H](O)c1ccccc1-2. The van der Waals surface area contributed by atoms with E-state index in [9.17, 15) is 15.2 Å². The first-order chi connectivity index (χ1) is 8.18. The maximum atomic E-state index is 10.7. The van der Waals surface area contributed by atoms with Gasteiger partial charge in [0.2, 0.25) is 0 Å². The zero-order chi connectivity index (χ0) is 12.0. The van der Waals surface area contributed by atoms with Gasteiger partial charge in [-0.1, -0.05) is 24.3 Å². The van der Waals surface area contributed by atoms with E-state index in [1.165, 1.54) is 12.1 Å². The largest absolute Gasteiger partial charge is 0.384 e. The number of nitro benzene ring substituents is 1. The van der Waals surface area contributed by atoms with E-state index >= 15 is 0 Å². The Bertz CT molecular complexity index is 622. The molecule has 0 spiro atoms. The topological polar surface area (TPSA) is 63.4 Å². The van der Waals surface area contributed by atoms with Gasteiger partial charge in [-0.25, -0.2) is 0 Å². The summed E-state index contributed by atoms with van der Waals surface area (Å²) in [4.78, 5) is 10.3. The van der Waals surface area contributed by atoms with Gasteiger partial charge in [-0.15, -0.1) is 0 Å². The van der Waals surface area contributed by atoms with Crippen LogP contribution < -0.4 is 0 Å². The minimum atomic E-state index is -0.763. The summed E-state index contributed by atoms with van der Waals surface area (Å²) in [6.07, 6.45) is -0.763. The highest BCUT2D eigenvalue weighted by molar-refractivity contribution is 5.79. The summed E-state index contributed by atoms with van der Waals surface area (Å²) < 4.78 is 0. The Kier molecular flexibility index (Phi) is 2.00. The predicted octanol–water partition coefficient (Wildman–Crippen LogP) is 2.66. The summed E-state index contributed by atoms with van der Waals surface area (Å²) in [7, 11) is 0. The third-order valence-corrected chi connectivity index (χ3v) is 3.09. The Hall–Kier alpha value is -2.20. The van der Waals surface area contributed by atoms with Gasteiger partial charge in [0.25, 0.3) is 5.69 Å². The van der Waals surface area contributed by atoms with E-state index in [-0.39, 0.29) is 5.69 Å². The van der Waals surface area contributed by atoms with Crippen LogP contribution in [-0.4, -0.2) is 10.0 Å². The molecular formula is C13H9NO3. The van der Waals surface area contributed by atoms with Crippen LogP contribution in [0.2, 0.25) is 0 Å². The molecule has 84 valence electrons. The van der Waals surface area contributed by atoms with Crippen LogP contribution in [0.5, 0.6) is 0 Å². The number of fused-ring (bicyclic) bond motifs is 3. The molecule has 0 saturated heterocycles. The van der Waals surface area contributed by atoms with Crippen molar-refractivity contribution in [1.29, 1.82) is 0 Å². The standard InChI is InChI=1S/C13H9NO3/c15-13-11-4-2-1-3-9(11)10-6-5-8(14(16)17)7-12(10)13/h1-7,13,15H/t13-/m1/s1. The summed E-state index contributed by atoms with van der Waals surface area (Å²) in [6.45, 7) is 0. The molecule has 1 N–H and O–H groups in total. The molecule has 0 bridgehead atoms. The number of nitrogens with zero attached hydrogens (tertiary/aromatic N) is 1. The van der Waals surface area contributed by atoms with Crippen LogP contribution >= 0.6 is 0 Å². The number of benzene rings is 2. The molecule has 0 amide bonds. The molecule has 2 aromatic rings. The maximum Gasteiger partial charge on any atom is 0.269 e. The van der Waals surface area contributed by atoms with Crippen molar-refractivity contribution in [3.8, 4) is 11.1 Å². The molecule has 4 heteroatoms. The van der Waals surface area contributed by atoms with Gasteiger partial charge in [0, 0.05) is 12.1 Å². The summed E-state index contributed by atoms with van der Waals surface area (Å²) >= 11 is 0. The third kappa shape index (κ3) is 1.34. The van der Waals surface area contributed by atoms with Crippen molar-refractivity contribution in [2.45, 2.75) is 6.10 Å². The second kappa shape index (κ2) is 3.40. The molecule has 0 saturated carbocycles. The molecule has 1 aliphatic carbocycles. The van der Waals surface area contributed by atoms with Gasteiger partial charge < -0.3 is 5.11 Å². The van der Waals surface area contributed by atoms with Gasteiger partial charge >= 0.3 is 0 Å². The molecule has 0 aliphatic heterocycles. The van der Waals surface area contributed by atoms with Gasteiger partial charge in [-0.3, -0.25) is 10.1 Å². The molecule has 0 fully saturated rings. The van der Waals surface area contributed by atoms with E-state index in [1.807, 2.05) is 24.3 Å². The smallest absolute Gasteiger partial charge is 0.269 e. The zero-order valence-corrected chi connectivity index (χ0v) is 8.83. The highest BCUT2D eigenvalue weighted by Gasteiger charge is 2.28. The molecule has 0 aromatic heterocycles. The summed E-state index contributed by atoms with van der Waals surface area (Å²) in [5, 5.41) is 20.8. The third-order valence-electron chi connectivity index (χ3n) is 3.09. The highest BCUT2D eigenvalue weighted by Crippen LogP contribution is 2.44. The van der Waals surface area contributed by atoms with Crippen LogP contribution in [0.15, 0.2) is 42.5 Å². The molecule has 2 aromatic carbocycles. The van der Waals surface area contributed by atoms with Crippen LogP contribution in [0.1, 0.15) is 17.2 Å². The number of non-ortho nitro benzene ring substituents is 1. The van der Waals surface area contributed by atoms with Gasteiger partial charge in [0.15, 0.2) is 0 Å². The lowest BCUT2D eigenvalue weighted by atomic mass is 10.1. The Labute approximate surface area is 97.3 Å². The van der Waals surface area contributed by atoms with Crippen LogP contribution in [-0.2, 0) is 0 Å². The first-order valence-corrected chi connectivity index (χ1v) is 5.24. The molecule has 3 rings (SSSR count). The van der Waals surface area contributed by atoms with E-state index < -0.39 is 11.0 Å². The van der Waals surface area contributed by atoms with E-state index in [4.69, 9.17) is 0 Å². The Morgan fingerprint density at radius 2 is 1.76 bits per heavy atom. The second-order valence-corrected chi connectivity index (χ2v) is 4.02. The fraction of sp³-hybridized carbons (Fsp3) is 0.0769. The normalized spacial score (nSPS) is 16.4. The van der Waals surface area contributed by atoms with Crippen molar-refractivity contribution in [2.24, 2.45) is 0 Å². The van der Waals surface area contributed by atoms with Gasteiger partial charge in [0.05, 0.1) is 4.92 Å². The van der Waals surface area contributed by atoms with Crippen LogP contribution in [0.25, 0.3) is 11.1 Å². The molecule has 4 nitrogen and oxygen atoms in total. The number of aliphatic hydroxyl groups excluding tert-OH is 1. The minimum absolute atomic E-state index is 0.00982. The number of rotatable bonds is 1. The molecule has 1 aliphatic rings. The molecule has 1 atom stereocenters. The summed E-state index contributed by atoms with van der Waals surface area (Å²) in [5.41, 5.74) is 3.25. The van der Waals surface area contributed by atoms with Crippen LogP contribution in [0.4, 0.5) is 5.69 Å². The molecule has 0 heterocycles. The van der Waals surface area contributed by atoms with Crippen molar-refractivity contribution in [2.75, 3.05) is 0 Å². The van der Waals surface area contributed by atoms with Gasteiger partial charge in [0.1, 0.15) is 6.10 Å². The van der Waals surface area contributed by atoms with Crippen LogP contribution in [0, 0.1) is 10.1 Å². The first kappa shape index (κ1) is 9.99. The van der Waals surface area contributed by atoms with Crippen molar-refractivity contribution in [3.05, 3.63) is 63.7 Å². The zero-order valence-electron chi connectivity index (χ0n) is 8.83. The number of hydrogen-bond donors (Lipinski definition) is 1. The Morgan fingerprint density at radius 3 is 2.53 bits per heavy atom. The number of aliphatic hydroxyl groups is 1. The lowest BCUT2D eigenvalue weighted by molar-refractivity contribution is -0.384. The maximum absolute atomic E-state index is 10.7. The Morgan fingerprint density at radius 1 is 1.06 bits per heavy atom.